The Labute approximate surface area is 57.6 Å². The van der Waals surface area contributed by atoms with E-state index >= 15 is 0 Å². The lowest BCUT2D eigenvalue weighted by Gasteiger charge is -2.12. The minimum Gasteiger partial charge on any atom is -0.370 e. The van der Waals surface area contributed by atoms with Gasteiger partial charge in [0, 0.05) is 7.05 Å². The van der Waals surface area contributed by atoms with E-state index in [1.54, 1.807) is 0 Å². The highest BCUT2D eigenvalue weighted by Crippen LogP contribution is 1.80. The second-order valence-corrected chi connectivity index (χ2v) is 1.70. The van der Waals surface area contributed by atoms with Crippen molar-refractivity contribution < 1.29 is 14.9 Å². The zero-order chi connectivity index (χ0) is 8.15. The van der Waals surface area contributed by atoms with Crippen molar-refractivity contribution >= 4 is 11.9 Å². The first-order chi connectivity index (χ1) is 4.57. The molecule has 0 saturated heterocycles. The van der Waals surface area contributed by atoms with E-state index in [-0.39, 0.29) is 12.5 Å². The van der Waals surface area contributed by atoms with Crippen molar-refractivity contribution in [2.45, 2.75) is 0 Å². The van der Waals surface area contributed by atoms with E-state index in [4.69, 9.17) is 16.4 Å². The normalized spacial score (nSPS) is 8.60. The standard InChI is InChI=1S/C4H9N3O3/c1-7(4(5)6)2-3(8)10-9/h9H,2H2,1H3,(H3,5,6). The van der Waals surface area contributed by atoms with Gasteiger partial charge in [-0.15, -0.1) is 0 Å². The van der Waals surface area contributed by atoms with Gasteiger partial charge in [-0.05, 0) is 0 Å². The number of nitrogens with two attached hydrogens (primary N) is 1. The van der Waals surface area contributed by atoms with Crippen LogP contribution in [0.4, 0.5) is 0 Å². The average Bonchev–Trinajstić information content (AvgIpc) is 1.87. The molecule has 0 atom stereocenters. The number of guanidine groups is 1. The van der Waals surface area contributed by atoms with Gasteiger partial charge in [-0.1, -0.05) is 0 Å². The molecule has 0 aromatic heterocycles. The van der Waals surface area contributed by atoms with Crippen LogP contribution in [0.2, 0.25) is 0 Å². The fourth-order valence-corrected chi connectivity index (χ4v) is 0.308. The van der Waals surface area contributed by atoms with Crippen molar-refractivity contribution in [1.82, 2.24) is 4.90 Å². The van der Waals surface area contributed by atoms with E-state index in [1.807, 2.05) is 0 Å². The van der Waals surface area contributed by atoms with E-state index in [0.29, 0.717) is 0 Å². The molecule has 6 heteroatoms. The van der Waals surface area contributed by atoms with Gasteiger partial charge in [0.2, 0.25) is 0 Å². The highest BCUT2D eigenvalue weighted by atomic mass is 17.1. The van der Waals surface area contributed by atoms with Crippen molar-refractivity contribution in [2.24, 2.45) is 5.73 Å². The third kappa shape index (κ3) is 2.88. The Morgan fingerprint density at radius 1 is 1.90 bits per heavy atom. The molecule has 0 aliphatic carbocycles. The van der Waals surface area contributed by atoms with Crippen molar-refractivity contribution in [1.29, 1.82) is 5.41 Å². The highest BCUT2D eigenvalue weighted by Gasteiger charge is 2.07. The summed E-state index contributed by atoms with van der Waals surface area (Å²) < 4.78 is 0. The zero-order valence-corrected chi connectivity index (χ0v) is 5.50. The van der Waals surface area contributed by atoms with Gasteiger partial charge < -0.3 is 10.6 Å². The number of rotatable bonds is 2. The summed E-state index contributed by atoms with van der Waals surface area (Å²) >= 11 is 0. The first-order valence-corrected chi connectivity index (χ1v) is 2.47. The molecule has 0 rings (SSSR count). The lowest BCUT2D eigenvalue weighted by Crippen LogP contribution is -2.37. The smallest absolute Gasteiger partial charge is 0.361 e. The number of hydrogen-bond donors (Lipinski definition) is 3. The van der Waals surface area contributed by atoms with E-state index in [2.05, 4.69) is 4.89 Å². The first-order valence-electron chi connectivity index (χ1n) is 2.47. The number of carbonyl (C=O) groups is 1. The lowest BCUT2D eigenvalue weighted by atomic mass is 10.6. The van der Waals surface area contributed by atoms with E-state index < -0.39 is 5.97 Å². The summed E-state index contributed by atoms with van der Waals surface area (Å²) in [6.45, 7) is -0.230. The molecular weight excluding hydrogens is 138 g/mol. The molecule has 0 aromatic carbocycles. The summed E-state index contributed by atoms with van der Waals surface area (Å²) in [6.07, 6.45) is 0. The molecule has 0 saturated carbocycles. The quantitative estimate of drug-likeness (QED) is 0.198. The number of nitrogens with one attached hydrogen (secondary N) is 1. The maximum Gasteiger partial charge on any atom is 0.361 e. The minimum atomic E-state index is -0.849. The maximum atomic E-state index is 10.3. The summed E-state index contributed by atoms with van der Waals surface area (Å²) in [6, 6.07) is 0. The zero-order valence-electron chi connectivity index (χ0n) is 5.50. The van der Waals surface area contributed by atoms with E-state index in [0.717, 1.165) is 4.90 Å². The summed E-state index contributed by atoms with van der Waals surface area (Å²) in [7, 11) is 1.43. The van der Waals surface area contributed by atoms with Crippen molar-refractivity contribution in [3.05, 3.63) is 0 Å². The predicted molar refractivity (Wildman–Crippen MR) is 33.3 cm³/mol. The molecule has 0 amide bonds. The van der Waals surface area contributed by atoms with Crippen LogP contribution < -0.4 is 5.73 Å². The third-order valence-electron chi connectivity index (χ3n) is 0.879. The monoisotopic (exact) mass is 147 g/mol. The Bertz CT molecular complexity index is 147. The second-order valence-electron chi connectivity index (χ2n) is 1.70. The van der Waals surface area contributed by atoms with Crippen LogP contribution in [0.5, 0.6) is 0 Å². The fraction of sp³-hybridized carbons (Fsp3) is 0.500. The summed E-state index contributed by atoms with van der Waals surface area (Å²) in [5.41, 5.74) is 4.96. The van der Waals surface area contributed by atoms with Crippen molar-refractivity contribution in [3.8, 4) is 0 Å². The molecular formula is C4H9N3O3. The van der Waals surface area contributed by atoms with Gasteiger partial charge in [-0.25, -0.2) is 4.79 Å². The van der Waals surface area contributed by atoms with Crippen LogP contribution in [-0.2, 0) is 9.68 Å². The van der Waals surface area contributed by atoms with Gasteiger partial charge in [-0.3, -0.25) is 10.3 Å². The van der Waals surface area contributed by atoms with Gasteiger partial charge in [0.25, 0.3) is 0 Å². The van der Waals surface area contributed by atoms with Gasteiger partial charge in [0.1, 0.15) is 6.54 Å². The topological polar surface area (TPSA) is 99.6 Å². The maximum absolute atomic E-state index is 10.3. The fourth-order valence-electron chi connectivity index (χ4n) is 0.308. The summed E-state index contributed by atoms with van der Waals surface area (Å²) in [5, 5.41) is 14.6. The molecule has 0 bridgehead atoms. The van der Waals surface area contributed by atoms with Crippen LogP contribution in [0.25, 0.3) is 0 Å². The van der Waals surface area contributed by atoms with Crippen LogP contribution >= 0.6 is 0 Å². The molecule has 6 nitrogen and oxygen atoms in total. The van der Waals surface area contributed by atoms with E-state index in [9.17, 15) is 4.79 Å². The summed E-state index contributed by atoms with van der Waals surface area (Å²) in [5.74, 6) is -1.11. The van der Waals surface area contributed by atoms with E-state index in [1.165, 1.54) is 7.05 Å². The molecule has 0 aliphatic heterocycles. The van der Waals surface area contributed by atoms with Crippen LogP contribution in [-0.4, -0.2) is 35.7 Å². The SMILES string of the molecule is CN(CC(=O)OO)C(=N)N. The molecule has 4 N–H and O–H groups in total. The average molecular weight is 147 g/mol. The largest absolute Gasteiger partial charge is 0.370 e. The van der Waals surface area contributed by atoms with Crippen LogP contribution in [0.15, 0.2) is 0 Å². The van der Waals surface area contributed by atoms with Gasteiger partial charge in [-0.2, -0.15) is 5.26 Å². The Morgan fingerprint density at radius 3 is 2.70 bits per heavy atom. The molecule has 0 radical (unpaired) electrons. The first kappa shape index (κ1) is 8.70. The molecule has 58 valence electrons. The number of likely N-dealkylation sites (N-methyl/N-ethyl adjacent to an activating group) is 1. The Kier molecular flexibility index (Phi) is 3.20. The molecule has 0 aromatic rings. The van der Waals surface area contributed by atoms with Gasteiger partial charge in [0.05, 0.1) is 0 Å². The number of carbonyl (C=O) groups excluding carboxylic acids is 1. The molecule has 0 fully saturated rings. The summed E-state index contributed by atoms with van der Waals surface area (Å²) in [4.78, 5) is 14.7. The molecule has 0 unspecified atom stereocenters. The van der Waals surface area contributed by atoms with Crippen molar-refractivity contribution in [3.63, 3.8) is 0 Å². The van der Waals surface area contributed by atoms with Crippen LogP contribution in [0.1, 0.15) is 0 Å². The third-order valence-corrected chi connectivity index (χ3v) is 0.879. The molecule has 10 heavy (non-hydrogen) atoms. The lowest BCUT2D eigenvalue weighted by molar-refractivity contribution is -0.234. The minimum absolute atomic E-state index is 0.230. The second kappa shape index (κ2) is 3.67. The van der Waals surface area contributed by atoms with Gasteiger partial charge >= 0.3 is 5.97 Å². The number of nitrogens with zero attached hydrogens (tertiary/aromatic N) is 1. The van der Waals surface area contributed by atoms with Crippen LogP contribution in [0.3, 0.4) is 0 Å². The van der Waals surface area contributed by atoms with Crippen LogP contribution in [0, 0.1) is 5.41 Å². The molecule has 0 aliphatic rings. The number of hydrogen-bond acceptors (Lipinski definition) is 4. The Balaban J connectivity index is 3.68. The Hall–Kier alpha value is -1.30. The molecule has 0 heterocycles. The van der Waals surface area contributed by atoms with Crippen molar-refractivity contribution in [2.75, 3.05) is 13.6 Å². The highest BCUT2D eigenvalue weighted by molar-refractivity contribution is 5.80. The predicted octanol–water partition coefficient (Wildman–Crippen LogP) is -1.17. The Morgan fingerprint density at radius 2 is 2.40 bits per heavy atom. The molecule has 0 spiro atoms. The van der Waals surface area contributed by atoms with Gasteiger partial charge in [0.15, 0.2) is 5.96 Å².